The number of pyridine rings is 1. The van der Waals surface area contributed by atoms with Crippen molar-refractivity contribution in [2.24, 2.45) is 5.92 Å². The van der Waals surface area contributed by atoms with Crippen molar-refractivity contribution in [1.82, 2.24) is 14.7 Å². The van der Waals surface area contributed by atoms with E-state index in [1.54, 1.807) is 0 Å². The molecule has 3 aromatic heterocycles. The third-order valence-electron chi connectivity index (χ3n) is 5.23. The van der Waals surface area contributed by atoms with E-state index in [4.69, 9.17) is 4.52 Å². The first kappa shape index (κ1) is 16.2. The molecule has 4 nitrogen and oxygen atoms in total. The molecule has 132 valence electrons. The molecule has 1 aliphatic rings. The Morgan fingerprint density at radius 3 is 2.72 bits per heavy atom. The minimum atomic E-state index is -2.48. The Labute approximate surface area is 144 Å². The Morgan fingerprint density at radius 2 is 2.04 bits per heavy atom. The molecule has 0 amide bonds. The highest BCUT2D eigenvalue weighted by Gasteiger charge is 2.34. The Kier molecular flexibility index (Phi) is 3.85. The average molecular weight is 345 g/mol. The zero-order valence-electron chi connectivity index (χ0n) is 14.4. The smallest absolute Gasteiger partial charge is 0.248 e. The van der Waals surface area contributed by atoms with Gasteiger partial charge in [-0.2, -0.15) is 0 Å². The van der Waals surface area contributed by atoms with Crippen LogP contribution in [0.1, 0.15) is 37.1 Å². The van der Waals surface area contributed by atoms with Crippen LogP contribution in [0.2, 0.25) is 0 Å². The summed E-state index contributed by atoms with van der Waals surface area (Å²) in [6.45, 7) is 4.56. The topological polar surface area (TPSA) is 43.9 Å². The van der Waals surface area contributed by atoms with Crippen molar-refractivity contribution in [3.63, 3.8) is 0 Å². The fourth-order valence-corrected chi connectivity index (χ4v) is 3.81. The fraction of sp³-hybridized carbons (Fsp3) is 0.474. The summed E-state index contributed by atoms with van der Waals surface area (Å²) < 4.78 is 34.1. The second-order valence-electron chi connectivity index (χ2n) is 7.09. The highest BCUT2D eigenvalue weighted by molar-refractivity contribution is 5.82. The third kappa shape index (κ3) is 3.05. The van der Waals surface area contributed by atoms with E-state index in [0.29, 0.717) is 12.8 Å². The van der Waals surface area contributed by atoms with Crippen LogP contribution in [0.15, 0.2) is 29.0 Å². The van der Waals surface area contributed by atoms with Gasteiger partial charge in [-0.25, -0.2) is 8.78 Å². The minimum Gasteiger partial charge on any atom is -0.361 e. The van der Waals surface area contributed by atoms with Crippen molar-refractivity contribution in [2.75, 3.05) is 0 Å². The maximum Gasteiger partial charge on any atom is 0.248 e. The standard InChI is InChI=1S/C19H21F2N3O/c1-12-18(13(2)25-23-12)15-9-17-16(22-10-15)5-8-24(17)11-14-3-6-19(20,21)7-4-14/h5,8-10,14H,3-4,6-7,11H2,1-2H3. The molecule has 0 aromatic carbocycles. The fourth-order valence-electron chi connectivity index (χ4n) is 3.81. The number of alkyl halides is 2. The Hall–Kier alpha value is -2.24. The lowest BCUT2D eigenvalue weighted by atomic mass is 9.87. The highest BCUT2D eigenvalue weighted by atomic mass is 19.3. The minimum absolute atomic E-state index is 0.000550. The van der Waals surface area contributed by atoms with Gasteiger partial charge >= 0.3 is 0 Å². The molecule has 0 aliphatic heterocycles. The first-order valence-corrected chi connectivity index (χ1v) is 8.69. The largest absolute Gasteiger partial charge is 0.361 e. The molecule has 3 heterocycles. The number of fused-ring (bicyclic) bond motifs is 1. The van der Waals surface area contributed by atoms with Gasteiger partial charge in [0.25, 0.3) is 0 Å². The molecule has 3 aromatic rings. The summed E-state index contributed by atoms with van der Waals surface area (Å²) in [5.74, 6) is -1.42. The van der Waals surface area contributed by atoms with Crippen LogP contribution >= 0.6 is 0 Å². The molecule has 0 bridgehead atoms. The SMILES string of the molecule is Cc1noc(C)c1-c1cnc2ccn(CC3CCC(F)(F)CC3)c2c1. The van der Waals surface area contributed by atoms with Crippen molar-refractivity contribution in [2.45, 2.75) is 52.0 Å². The lowest BCUT2D eigenvalue weighted by Crippen LogP contribution is -2.26. The predicted octanol–water partition coefficient (Wildman–Crippen LogP) is 5.13. The second kappa shape index (κ2) is 5.93. The van der Waals surface area contributed by atoms with Crippen LogP contribution < -0.4 is 0 Å². The zero-order chi connectivity index (χ0) is 17.6. The summed E-state index contributed by atoms with van der Waals surface area (Å²) in [5, 5.41) is 4.01. The summed E-state index contributed by atoms with van der Waals surface area (Å²) >= 11 is 0. The summed E-state index contributed by atoms with van der Waals surface area (Å²) in [6, 6.07) is 4.07. The molecule has 0 spiro atoms. The van der Waals surface area contributed by atoms with Crippen LogP contribution in [0, 0.1) is 19.8 Å². The van der Waals surface area contributed by atoms with Crippen molar-refractivity contribution in [3.05, 3.63) is 36.0 Å². The van der Waals surface area contributed by atoms with Gasteiger partial charge in [0.15, 0.2) is 0 Å². The maximum atomic E-state index is 13.4. The van der Waals surface area contributed by atoms with Crippen LogP contribution in [0.5, 0.6) is 0 Å². The predicted molar refractivity (Wildman–Crippen MR) is 91.6 cm³/mol. The Bertz CT molecular complexity index is 883. The van der Waals surface area contributed by atoms with Gasteiger partial charge in [-0.15, -0.1) is 0 Å². The number of rotatable bonds is 3. The van der Waals surface area contributed by atoms with Crippen LogP contribution in [-0.2, 0) is 6.54 Å². The monoisotopic (exact) mass is 345 g/mol. The van der Waals surface area contributed by atoms with Crippen molar-refractivity contribution < 1.29 is 13.3 Å². The van der Waals surface area contributed by atoms with Crippen LogP contribution in [-0.4, -0.2) is 20.6 Å². The van der Waals surface area contributed by atoms with Crippen molar-refractivity contribution >= 4 is 11.0 Å². The number of halogens is 2. The molecule has 1 aliphatic carbocycles. The summed E-state index contributed by atoms with van der Waals surface area (Å²) in [5.41, 5.74) is 4.72. The van der Waals surface area contributed by atoms with Crippen LogP contribution in [0.25, 0.3) is 22.2 Å². The van der Waals surface area contributed by atoms with Crippen molar-refractivity contribution in [3.8, 4) is 11.1 Å². The summed E-state index contributed by atoms with van der Waals surface area (Å²) in [4.78, 5) is 4.55. The molecular formula is C19H21F2N3O. The van der Waals surface area contributed by atoms with E-state index in [1.807, 2.05) is 32.3 Å². The first-order chi connectivity index (χ1) is 11.9. The molecule has 0 N–H and O–H groups in total. The van der Waals surface area contributed by atoms with Gasteiger partial charge in [0, 0.05) is 42.9 Å². The van der Waals surface area contributed by atoms with E-state index >= 15 is 0 Å². The van der Waals surface area contributed by atoms with E-state index < -0.39 is 5.92 Å². The van der Waals surface area contributed by atoms with Crippen LogP contribution in [0.4, 0.5) is 8.78 Å². The molecule has 0 radical (unpaired) electrons. The molecular weight excluding hydrogens is 324 g/mol. The van der Waals surface area contributed by atoms with E-state index in [-0.39, 0.29) is 18.8 Å². The zero-order valence-corrected chi connectivity index (χ0v) is 14.4. The molecule has 0 saturated heterocycles. The normalized spacial score (nSPS) is 18.1. The van der Waals surface area contributed by atoms with E-state index in [9.17, 15) is 8.78 Å². The lowest BCUT2D eigenvalue weighted by Gasteiger charge is -2.28. The number of aromatic nitrogens is 3. The number of hydrogen-bond donors (Lipinski definition) is 0. The second-order valence-corrected chi connectivity index (χ2v) is 7.09. The van der Waals surface area contributed by atoms with Gasteiger partial charge in [0.05, 0.1) is 16.7 Å². The van der Waals surface area contributed by atoms with E-state index in [2.05, 4.69) is 20.8 Å². The first-order valence-electron chi connectivity index (χ1n) is 8.69. The van der Waals surface area contributed by atoms with E-state index in [0.717, 1.165) is 40.2 Å². The Morgan fingerprint density at radius 1 is 1.28 bits per heavy atom. The molecule has 0 atom stereocenters. The number of aryl methyl sites for hydroxylation is 2. The average Bonchev–Trinajstić information content (AvgIpc) is 3.12. The molecule has 25 heavy (non-hydrogen) atoms. The van der Waals surface area contributed by atoms with Gasteiger partial charge in [-0.1, -0.05) is 5.16 Å². The van der Waals surface area contributed by atoms with Crippen molar-refractivity contribution in [1.29, 1.82) is 0 Å². The van der Waals surface area contributed by atoms with Gasteiger partial charge in [0.2, 0.25) is 5.92 Å². The van der Waals surface area contributed by atoms with Crippen LogP contribution in [0.3, 0.4) is 0 Å². The van der Waals surface area contributed by atoms with E-state index in [1.165, 1.54) is 0 Å². The summed E-state index contributed by atoms with van der Waals surface area (Å²) in [7, 11) is 0. The quantitative estimate of drug-likeness (QED) is 0.661. The maximum absolute atomic E-state index is 13.4. The van der Waals surface area contributed by atoms with Gasteiger partial charge in [-0.05, 0) is 44.7 Å². The Balaban J connectivity index is 1.63. The van der Waals surface area contributed by atoms with Gasteiger partial charge in [-0.3, -0.25) is 4.98 Å². The molecule has 4 rings (SSSR count). The highest BCUT2D eigenvalue weighted by Crippen LogP contribution is 2.37. The summed E-state index contributed by atoms with van der Waals surface area (Å²) in [6.07, 6.45) is 4.98. The molecule has 0 unspecified atom stereocenters. The van der Waals surface area contributed by atoms with Gasteiger partial charge in [0.1, 0.15) is 5.76 Å². The number of nitrogens with zero attached hydrogens (tertiary/aromatic N) is 3. The number of hydrogen-bond acceptors (Lipinski definition) is 3. The van der Waals surface area contributed by atoms with Gasteiger partial charge < -0.3 is 9.09 Å². The third-order valence-corrected chi connectivity index (χ3v) is 5.23. The molecule has 1 fully saturated rings. The lowest BCUT2D eigenvalue weighted by molar-refractivity contribution is -0.0472. The molecule has 6 heteroatoms. The molecule has 1 saturated carbocycles.